The maximum Gasteiger partial charge on any atom is 0.416 e. The van der Waals surface area contributed by atoms with Crippen LogP contribution in [0.15, 0.2) is 40.1 Å². The van der Waals surface area contributed by atoms with Crippen LogP contribution in [0.3, 0.4) is 0 Å². The van der Waals surface area contributed by atoms with Gasteiger partial charge in [-0.25, -0.2) is 9.78 Å². The van der Waals surface area contributed by atoms with E-state index in [2.05, 4.69) is 20.2 Å². The van der Waals surface area contributed by atoms with Crippen molar-refractivity contribution in [2.75, 3.05) is 0 Å². The van der Waals surface area contributed by atoms with Crippen molar-refractivity contribution in [2.45, 2.75) is 32.0 Å². The molecule has 1 saturated carbocycles. The summed E-state index contributed by atoms with van der Waals surface area (Å²) in [5.41, 5.74) is 0.245. The summed E-state index contributed by atoms with van der Waals surface area (Å²) in [4.78, 5) is 31.6. The number of hydrogen-bond donors (Lipinski definition) is 2. The van der Waals surface area contributed by atoms with Crippen LogP contribution in [-0.2, 0) is 26.2 Å². The van der Waals surface area contributed by atoms with Crippen LogP contribution in [0.5, 0.6) is 0 Å². The monoisotopic (exact) mass is 444 g/mol. The van der Waals surface area contributed by atoms with Gasteiger partial charge in [-0.2, -0.15) is 18.3 Å². The smallest absolute Gasteiger partial charge is 0.318 e. The SMILES string of the molecule is Cn1c(=O)[nH]c(=O)c2c1nc(-c1c[nH]nc1Cc1cccc(C(F)(F)F)c1)n2CC1CC1. The Kier molecular flexibility index (Phi) is 4.57. The molecule has 4 aromatic rings. The summed E-state index contributed by atoms with van der Waals surface area (Å²) in [6, 6.07) is 5.09. The number of imidazole rings is 1. The maximum absolute atomic E-state index is 13.1. The average Bonchev–Trinajstić information content (AvgIpc) is 3.30. The van der Waals surface area contributed by atoms with Gasteiger partial charge in [0.05, 0.1) is 16.8 Å². The Morgan fingerprint density at radius 3 is 2.72 bits per heavy atom. The van der Waals surface area contributed by atoms with Gasteiger partial charge in [-0.15, -0.1) is 0 Å². The number of benzene rings is 1. The highest BCUT2D eigenvalue weighted by Gasteiger charge is 2.31. The first kappa shape index (κ1) is 20.3. The van der Waals surface area contributed by atoms with Gasteiger partial charge in [0.15, 0.2) is 11.2 Å². The number of halogens is 3. The Hall–Kier alpha value is -3.63. The van der Waals surface area contributed by atoms with E-state index in [1.165, 1.54) is 17.7 Å². The fraction of sp³-hybridized carbons (Fsp3) is 0.333. The summed E-state index contributed by atoms with van der Waals surface area (Å²) in [6.07, 6.45) is -0.616. The van der Waals surface area contributed by atoms with Gasteiger partial charge < -0.3 is 4.57 Å². The number of hydrogen-bond acceptors (Lipinski definition) is 4. The van der Waals surface area contributed by atoms with E-state index < -0.39 is 23.0 Å². The van der Waals surface area contributed by atoms with Crippen molar-refractivity contribution in [2.24, 2.45) is 13.0 Å². The van der Waals surface area contributed by atoms with Crippen LogP contribution >= 0.6 is 0 Å². The molecule has 1 aromatic carbocycles. The van der Waals surface area contributed by atoms with Gasteiger partial charge in [-0.3, -0.25) is 19.4 Å². The van der Waals surface area contributed by atoms with Crippen molar-refractivity contribution < 1.29 is 13.2 Å². The van der Waals surface area contributed by atoms with Gasteiger partial charge >= 0.3 is 11.9 Å². The van der Waals surface area contributed by atoms with Gasteiger partial charge in [-0.1, -0.05) is 18.2 Å². The molecule has 0 amide bonds. The molecule has 3 heterocycles. The molecule has 11 heteroatoms. The van der Waals surface area contributed by atoms with Crippen LogP contribution in [0, 0.1) is 5.92 Å². The maximum atomic E-state index is 13.1. The number of rotatable bonds is 5. The Bertz CT molecular complexity index is 1440. The van der Waals surface area contributed by atoms with Crippen molar-refractivity contribution in [3.05, 3.63) is 68.1 Å². The highest BCUT2D eigenvalue weighted by molar-refractivity contribution is 5.77. The van der Waals surface area contributed by atoms with Crippen LogP contribution in [0.1, 0.15) is 29.7 Å². The van der Waals surface area contributed by atoms with E-state index in [-0.39, 0.29) is 12.1 Å². The fourth-order valence-electron chi connectivity index (χ4n) is 3.87. The summed E-state index contributed by atoms with van der Waals surface area (Å²) in [5, 5.41) is 7.00. The van der Waals surface area contributed by atoms with Crippen LogP contribution in [0.25, 0.3) is 22.6 Å². The highest BCUT2D eigenvalue weighted by atomic mass is 19.4. The Morgan fingerprint density at radius 1 is 1.22 bits per heavy atom. The number of nitrogens with zero attached hydrogens (tertiary/aromatic N) is 4. The van der Waals surface area contributed by atoms with Crippen molar-refractivity contribution in [3.63, 3.8) is 0 Å². The van der Waals surface area contributed by atoms with Gasteiger partial charge in [-0.05, 0) is 30.4 Å². The molecule has 3 aromatic heterocycles. The number of nitrogens with one attached hydrogen (secondary N) is 2. The van der Waals surface area contributed by atoms with Crippen molar-refractivity contribution in [1.29, 1.82) is 0 Å². The molecule has 5 rings (SSSR count). The minimum Gasteiger partial charge on any atom is -0.318 e. The molecule has 0 aliphatic heterocycles. The molecule has 1 aliphatic rings. The fourth-order valence-corrected chi connectivity index (χ4v) is 3.87. The molecular weight excluding hydrogens is 425 g/mol. The number of aryl methyl sites for hydroxylation is 1. The third-order valence-corrected chi connectivity index (χ3v) is 5.73. The van der Waals surface area contributed by atoms with Crippen LogP contribution in [0.2, 0.25) is 0 Å². The normalized spacial score (nSPS) is 14.4. The average molecular weight is 444 g/mol. The Morgan fingerprint density at radius 2 is 2.00 bits per heavy atom. The quantitative estimate of drug-likeness (QED) is 0.494. The number of fused-ring (bicyclic) bond motifs is 1. The lowest BCUT2D eigenvalue weighted by Gasteiger charge is -2.10. The van der Waals surface area contributed by atoms with Crippen molar-refractivity contribution >= 4 is 11.2 Å². The van der Waals surface area contributed by atoms with Gasteiger partial charge in [0, 0.05) is 26.2 Å². The zero-order chi connectivity index (χ0) is 22.6. The zero-order valence-electron chi connectivity index (χ0n) is 17.0. The molecule has 0 spiro atoms. The molecule has 0 radical (unpaired) electrons. The number of H-pyrrole nitrogens is 2. The molecule has 32 heavy (non-hydrogen) atoms. The summed E-state index contributed by atoms with van der Waals surface area (Å²) < 4.78 is 42.4. The minimum absolute atomic E-state index is 0.144. The van der Waals surface area contributed by atoms with E-state index in [0.717, 1.165) is 25.0 Å². The van der Waals surface area contributed by atoms with E-state index in [0.29, 0.717) is 40.6 Å². The molecular formula is C21H19F3N6O2. The lowest BCUT2D eigenvalue weighted by atomic mass is 10.0. The van der Waals surface area contributed by atoms with Crippen LogP contribution in [0.4, 0.5) is 13.2 Å². The van der Waals surface area contributed by atoms with E-state index >= 15 is 0 Å². The first-order valence-corrected chi connectivity index (χ1v) is 10.1. The first-order chi connectivity index (χ1) is 15.2. The summed E-state index contributed by atoms with van der Waals surface area (Å²) in [5.74, 6) is 0.857. The largest absolute Gasteiger partial charge is 0.416 e. The van der Waals surface area contributed by atoms with Crippen LogP contribution < -0.4 is 11.2 Å². The van der Waals surface area contributed by atoms with Gasteiger partial charge in [0.2, 0.25) is 0 Å². The van der Waals surface area contributed by atoms with Gasteiger partial charge in [0.25, 0.3) is 5.56 Å². The molecule has 1 fully saturated rings. The molecule has 8 nitrogen and oxygen atoms in total. The van der Waals surface area contributed by atoms with E-state index in [9.17, 15) is 22.8 Å². The topological polar surface area (TPSA) is 101 Å². The van der Waals surface area contributed by atoms with Crippen LogP contribution in [-0.4, -0.2) is 29.3 Å². The van der Waals surface area contributed by atoms with Crippen molar-refractivity contribution in [1.82, 2.24) is 29.3 Å². The third-order valence-electron chi connectivity index (χ3n) is 5.73. The minimum atomic E-state index is -4.44. The lowest BCUT2D eigenvalue weighted by molar-refractivity contribution is -0.137. The molecule has 0 atom stereocenters. The molecule has 1 aliphatic carbocycles. The predicted molar refractivity (Wildman–Crippen MR) is 110 cm³/mol. The second kappa shape index (κ2) is 7.21. The molecule has 0 bridgehead atoms. The standard InChI is InChI=1S/C21H19F3N6O2/c1-29-18-16(19(31)27-20(29)32)30(10-11-5-6-11)17(26-18)14-9-25-28-15(14)8-12-3-2-4-13(7-12)21(22,23)24/h2-4,7,9,11H,5-6,8,10H2,1H3,(H,25,28)(H,27,31,32). The molecule has 2 N–H and O–H groups in total. The van der Waals surface area contributed by atoms with E-state index in [1.807, 2.05) is 0 Å². The zero-order valence-corrected chi connectivity index (χ0v) is 17.0. The molecule has 0 saturated heterocycles. The summed E-state index contributed by atoms with van der Waals surface area (Å²) >= 11 is 0. The Labute approximate surface area is 178 Å². The number of aromatic nitrogens is 6. The predicted octanol–water partition coefficient (Wildman–Crippen LogP) is 2.83. The third kappa shape index (κ3) is 3.53. The second-order valence-corrected chi connectivity index (χ2v) is 8.10. The van der Waals surface area contributed by atoms with Crippen molar-refractivity contribution in [3.8, 4) is 11.4 Å². The van der Waals surface area contributed by atoms with Gasteiger partial charge in [0.1, 0.15) is 5.82 Å². The number of alkyl halides is 3. The van der Waals surface area contributed by atoms with E-state index in [4.69, 9.17) is 0 Å². The molecule has 0 unspecified atom stereocenters. The first-order valence-electron chi connectivity index (χ1n) is 10.1. The molecule has 166 valence electrons. The summed E-state index contributed by atoms with van der Waals surface area (Å²) in [7, 11) is 1.53. The highest BCUT2D eigenvalue weighted by Crippen LogP contribution is 2.35. The number of aromatic amines is 2. The summed E-state index contributed by atoms with van der Waals surface area (Å²) in [6.45, 7) is 0.557. The Balaban J connectivity index is 1.63. The lowest BCUT2D eigenvalue weighted by Crippen LogP contribution is -2.29. The van der Waals surface area contributed by atoms with E-state index in [1.54, 1.807) is 16.8 Å². The second-order valence-electron chi connectivity index (χ2n) is 8.10.